The quantitative estimate of drug-likeness (QED) is 0.551. The van der Waals surface area contributed by atoms with Crippen molar-refractivity contribution in [3.8, 4) is 0 Å². The van der Waals surface area contributed by atoms with Crippen LogP contribution in [0.2, 0.25) is 0 Å². The molecule has 2 heterocycles. The van der Waals surface area contributed by atoms with Gasteiger partial charge < -0.3 is 19.7 Å². The maximum atomic E-state index is 12.8. The number of carbonyl (C=O) groups is 1. The zero-order chi connectivity index (χ0) is 21.5. The lowest BCUT2D eigenvalue weighted by Crippen LogP contribution is -2.28. The van der Waals surface area contributed by atoms with Gasteiger partial charge in [0.1, 0.15) is 0 Å². The van der Waals surface area contributed by atoms with Crippen molar-refractivity contribution in [2.24, 2.45) is 0 Å². The number of imidazole rings is 1. The van der Waals surface area contributed by atoms with Crippen molar-refractivity contribution in [1.29, 1.82) is 0 Å². The van der Waals surface area contributed by atoms with E-state index in [1.54, 1.807) is 6.20 Å². The van der Waals surface area contributed by atoms with E-state index in [2.05, 4.69) is 43.7 Å². The lowest BCUT2D eigenvalue weighted by atomic mass is 10.1. The highest BCUT2D eigenvalue weighted by atomic mass is 16.1. The number of hydrogen-bond acceptors (Lipinski definition) is 4. The van der Waals surface area contributed by atoms with Gasteiger partial charge in [-0.1, -0.05) is 13.0 Å². The minimum absolute atomic E-state index is 0.0782. The van der Waals surface area contributed by atoms with Gasteiger partial charge in [0.05, 0.1) is 6.33 Å². The molecule has 1 N–H and O–H groups in total. The third kappa shape index (κ3) is 5.45. The summed E-state index contributed by atoms with van der Waals surface area (Å²) in [5.74, 6) is -0.0782. The van der Waals surface area contributed by atoms with Crippen LogP contribution in [0, 0.1) is 0 Å². The molecule has 1 amide bonds. The smallest absolute Gasteiger partial charge is 0.255 e. The van der Waals surface area contributed by atoms with E-state index in [1.165, 1.54) is 18.5 Å². The van der Waals surface area contributed by atoms with E-state index < -0.39 is 0 Å². The molecule has 4 rings (SSSR count). The molecule has 162 valence electrons. The molecule has 31 heavy (non-hydrogen) atoms. The van der Waals surface area contributed by atoms with Crippen molar-refractivity contribution in [2.45, 2.75) is 32.7 Å². The van der Waals surface area contributed by atoms with Crippen molar-refractivity contribution in [3.05, 3.63) is 72.8 Å². The van der Waals surface area contributed by atoms with Gasteiger partial charge in [-0.3, -0.25) is 4.79 Å². The van der Waals surface area contributed by atoms with E-state index in [1.807, 2.05) is 48.9 Å². The summed E-state index contributed by atoms with van der Waals surface area (Å²) in [4.78, 5) is 21.6. The van der Waals surface area contributed by atoms with Crippen LogP contribution < -0.4 is 15.1 Å². The molecule has 6 heteroatoms. The molecule has 3 aromatic rings. The van der Waals surface area contributed by atoms with E-state index in [0.717, 1.165) is 50.5 Å². The normalized spacial score (nSPS) is 13.4. The first-order valence-corrected chi connectivity index (χ1v) is 11.2. The van der Waals surface area contributed by atoms with E-state index in [-0.39, 0.29) is 5.91 Å². The molecule has 0 radical (unpaired) electrons. The van der Waals surface area contributed by atoms with Crippen LogP contribution in [0.4, 0.5) is 17.1 Å². The Morgan fingerprint density at radius 1 is 1.10 bits per heavy atom. The van der Waals surface area contributed by atoms with Gasteiger partial charge in [0, 0.05) is 67.7 Å². The van der Waals surface area contributed by atoms with Crippen LogP contribution in [0.5, 0.6) is 0 Å². The molecule has 0 atom stereocenters. The van der Waals surface area contributed by atoms with Crippen LogP contribution >= 0.6 is 0 Å². The zero-order valence-electron chi connectivity index (χ0n) is 18.2. The van der Waals surface area contributed by atoms with Gasteiger partial charge in [0.25, 0.3) is 5.91 Å². The van der Waals surface area contributed by atoms with E-state index in [4.69, 9.17) is 0 Å². The van der Waals surface area contributed by atoms with Crippen LogP contribution in [0.25, 0.3) is 0 Å². The monoisotopic (exact) mass is 417 g/mol. The number of nitrogens with zero attached hydrogens (tertiary/aromatic N) is 4. The van der Waals surface area contributed by atoms with Gasteiger partial charge in [0.2, 0.25) is 0 Å². The van der Waals surface area contributed by atoms with Crippen LogP contribution in [0.1, 0.15) is 36.5 Å². The van der Waals surface area contributed by atoms with Gasteiger partial charge in [-0.05, 0) is 61.7 Å². The van der Waals surface area contributed by atoms with Gasteiger partial charge in [-0.15, -0.1) is 0 Å². The fourth-order valence-corrected chi connectivity index (χ4v) is 4.08. The van der Waals surface area contributed by atoms with Crippen LogP contribution in [-0.4, -0.2) is 41.6 Å². The fourth-order valence-electron chi connectivity index (χ4n) is 4.08. The summed E-state index contributed by atoms with van der Waals surface area (Å²) in [5, 5.41) is 3.05. The number of amides is 1. The topological polar surface area (TPSA) is 53.4 Å². The zero-order valence-corrected chi connectivity index (χ0v) is 18.2. The summed E-state index contributed by atoms with van der Waals surface area (Å²) >= 11 is 0. The van der Waals surface area contributed by atoms with Crippen molar-refractivity contribution in [3.63, 3.8) is 0 Å². The van der Waals surface area contributed by atoms with E-state index >= 15 is 0 Å². The molecule has 1 aliphatic rings. The van der Waals surface area contributed by atoms with Gasteiger partial charge >= 0.3 is 0 Å². The summed E-state index contributed by atoms with van der Waals surface area (Å²) < 4.78 is 2.08. The second-order valence-electron chi connectivity index (χ2n) is 8.03. The second kappa shape index (κ2) is 10.2. The van der Waals surface area contributed by atoms with E-state index in [0.29, 0.717) is 5.56 Å². The Morgan fingerprint density at radius 2 is 1.90 bits per heavy atom. The SMILES string of the molecule is CCCN(CCn1ccnc1)c1ccc(C(=O)Nc2cccc(N3CCCC3)c2)cc1. The number of hydrogen-bond donors (Lipinski definition) is 1. The molecule has 0 saturated carbocycles. The summed E-state index contributed by atoms with van der Waals surface area (Å²) in [6.45, 7) is 7.13. The maximum Gasteiger partial charge on any atom is 0.255 e. The Kier molecular flexibility index (Phi) is 6.87. The Bertz CT molecular complexity index is 962. The van der Waals surface area contributed by atoms with Crippen molar-refractivity contribution in [1.82, 2.24) is 9.55 Å². The first-order chi connectivity index (χ1) is 15.2. The molecule has 1 saturated heterocycles. The third-order valence-corrected chi connectivity index (χ3v) is 5.75. The third-order valence-electron chi connectivity index (χ3n) is 5.75. The fraction of sp³-hybridized carbons (Fsp3) is 0.360. The molecule has 1 fully saturated rings. The number of nitrogens with one attached hydrogen (secondary N) is 1. The first-order valence-electron chi connectivity index (χ1n) is 11.2. The van der Waals surface area contributed by atoms with Gasteiger partial charge in [-0.25, -0.2) is 4.98 Å². The summed E-state index contributed by atoms with van der Waals surface area (Å²) in [6.07, 6.45) is 9.17. The van der Waals surface area contributed by atoms with Crippen LogP contribution in [0.3, 0.4) is 0 Å². The molecule has 1 aromatic heterocycles. The molecule has 1 aliphatic heterocycles. The van der Waals surface area contributed by atoms with Gasteiger partial charge in [0.15, 0.2) is 0 Å². The molecule has 2 aromatic carbocycles. The average molecular weight is 418 g/mol. The minimum Gasteiger partial charge on any atom is -0.371 e. The molecule has 0 bridgehead atoms. The predicted octanol–water partition coefficient (Wildman–Crippen LogP) is 4.65. The summed E-state index contributed by atoms with van der Waals surface area (Å²) in [7, 11) is 0. The van der Waals surface area contributed by atoms with Crippen molar-refractivity contribution < 1.29 is 4.79 Å². The maximum absolute atomic E-state index is 12.8. The number of carbonyl (C=O) groups excluding carboxylic acids is 1. The largest absolute Gasteiger partial charge is 0.371 e. The number of anilines is 3. The highest BCUT2D eigenvalue weighted by Gasteiger charge is 2.14. The predicted molar refractivity (Wildman–Crippen MR) is 127 cm³/mol. The first kappa shape index (κ1) is 21.0. The van der Waals surface area contributed by atoms with Gasteiger partial charge in [-0.2, -0.15) is 0 Å². The summed E-state index contributed by atoms with van der Waals surface area (Å²) in [5.41, 5.74) is 3.82. The van der Waals surface area contributed by atoms with Crippen LogP contribution in [-0.2, 0) is 6.54 Å². The molecule has 6 nitrogen and oxygen atoms in total. The van der Waals surface area contributed by atoms with Crippen molar-refractivity contribution >= 4 is 23.0 Å². The molecule has 0 aliphatic carbocycles. The summed E-state index contributed by atoms with van der Waals surface area (Å²) in [6, 6.07) is 16.0. The molecular weight excluding hydrogens is 386 g/mol. The van der Waals surface area contributed by atoms with Crippen LogP contribution in [0.15, 0.2) is 67.3 Å². The number of benzene rings is 2. The second-order valence-corrected chi connectivity index (χ2v) is 8.03. The Balaban J connectivity index is 1.39. The van der Waals surface area contributed by atoms with Crippen molar-refractivity contribution in [2.75, 3.05) is 41.3 Å². The average Bonchev–Trinajstić information content (AvgIpc) is 3.51. The standard InChI is InChI=1S/C25H31N5O/c1-2-13-29(18-17-28-16-12-26-20-28)23-10-8-21(9-11-23)25(31)27-22-6-5-7-24(19-22)30-14-3-4-15-30/h5-12,16,19-20H,2-4,13-15,17-18H2,1H3,(H,27,31). The highest BCUT2D eigenvalue weighted by Crippen LogP contribution is 2.24. The Labute approximate surface area is 184 Å². The van der Waals surface area contributed by atoms with E-state index in [9.17, 15) is 4.79 Å². The minimum atomic E-state index is -0.0782. The number of rotatable bonds is 9. The Morgan fingerprint density at radius 3 is 2.61 bits per heavy atom. The molecule has 0 unspecified atom stereocenters. The lowest BCUT2D eigenvalue weighted by Gasteiger charge is -2.24. The Hall–Kier alpha value is -3.28. The lowest BCUT2D eigenvalue weighted by molar-refractivity contribution is 0.102. The molecule has 0 spiro atoms. The highest BCUT2D eigenvalue weighted by molar-refractivity contribution is 6.04. The molecular formula is C25H31N5O. The number of aromatic nitrogens is 2.